The number of pyridine rings is 2. The maximum absolute atomic E-state index is 8.82. The molecule has 2 aromatic heterocycles. The van der Waals surface area contributed by atoms with Crippen LogP contribution in [0.25, 0.3) is 22.4 Å². The zero-order valence-electron chi connectivity index (χ0n) is 19.6. The van der Waals surface area contributed by atoms with Crippen molar-refractivity contribution >= 4 is 41.4 Å². The minimum atomic E-state index is 0.200. The second-order valence-corrected chi connectivity index (χ2v) is 9.45. The lowest BCUT2D eigenvalue weighted by atomic mass is 9.98. The van der Waals surface area contributed by atoms with Crippen LogP contribution in [-0.4, -0.2) is 27.4 Å². The van der Waals surface area contributed by atoms with E-state index in [1.807, 2.05) is 60.7 Å². The van der Waals surface area contributed by atoms with Crippen LogP contribution in [0.2, 0.25) is 10.0 Å². The van der Waals surface area contributed by atoms with Crippen molar-refractivity contribution in [3.63, 3.8) is 0 Å². The monoisotopic (exact) mass is 549 g/mol. The molecular weight excluding hydrogens is 529 g/mol. The first-order valence-corrected chi connectivity index (χ1v) is 12.4. The number of nitriles is 1. The number of aliphatic imine (C=N–C) groups is 1. The maximum Gasteiger partial charge on any atom is 0.204 e. The highest BCUT2D eigenvalue weighted by atomic mass is 35.5. The summed E-state index contributed by atoms with van der Waals surface area (Å²) in [5.41, 5.74) is 13.9. The van der Waals surface area contributed by atoms with Gasteiger partial charge in [0.2, 0.25) is 5.96 Å². The summed E-state index contributed by atoms with van der Waals surface area (Å²) in [6, 6.07) is 22.4. The van der Waals surface area contributed by atoms with Crippen molar-refractivity contribution in [2.75, 3.05) is 7.05 Å². The second kappa shape index (κ2) is 12.4. The molecule has 0 saturated heterocycles. The largest absolute Gasteiger partial charge is 0.407 e. The zero-order chi connectivity index (χ0) is 26.2. The Morgan fingerprint density at radius 3 is 2.32 bits per heavy atom. The summed E-state index contributed by atoms with van der Waals surface area (Å²) in [5.74, 6) is 0.695. The van der Waals surface area contributed by atoms with E-state index in [1.54, 1.807) is 29.8 Å². The third-order valence-corrected chi connectivity index (χ3v) is 6.10. The van der Waals surface area contributed by atoms with Gasteiger partial charge in [0.1, 0.15) is 11.8 Å². The minimum absolute atomic E-state index is 0.200. The Hall–Kier alpha value is -3.81. The summed E-state index contributed by atoms with van der Waals surface area (Å²) in [5, 5.41) is 10.1. The molecule has 11 heteroatoms. The normalized spacial score (nSPS) is 11.3. The third kappa shape index (κ3) is 7.35. The molecule has 4 rings (SSSR count). The van der Waals surface area contributed by atoms with Gasteiger partial charge in [0.15, 0.2) is 18.0 Å². The molecule has 0 radical (unpaired) electrons. The van der Waals surface area contributed by atoms with Crippen LogP contribution in [0.5, 0.6) is 5.75 Å². The molecule has 0 aliphatic heterocycles. The Morgan fingerprint density at radius 2 is 1.70 bits per heavy atom. The van der Waals surface area contributed by atoms with Gasteiger partial charge in [-0.05, 0) is 53.6 Å². The lowest BCUT2D eigenvalue weighted by Crippen LogP contribution is -2.40. The second-order valence-electron chi connectivity index (χ2n) is 7.71. The molecule has 0 fully saturated rings. The fraction of sp³-hybridized carbons (Fsp3) is 0.0769. The van der Waals surface area contributed by atoms with E-state index >= 15 is 0 Å². The molecule has 0 saturated carbocycles. The SMILES string of the molecule is CN(NC(N)=NCc1cnc(-c2ccc(Cl)cc2)c(-c2ccc(Cl)cc2)c1)SOc1ccc(C#N)nc1. The van der Waals surface area contributed by atoms with Gasteiger partial charge >= 0.3 is 0 Å². The molecule has 8 nitrogen and oxygen atoms in total. The van der Waals surface area contributed by atoms with E-state index in [2.05, 4.69) is 15.4 Å². The van der Waals surface area contributed by atoms with Crippen LogP contribution in [-0.2, 0) is 6.54 Å². The summed E-state index contributed by atoms with van der Waals surface area (Å²) < 4.78 is 7.09. The van der Waals surface area contributed by atoms with Crippen LogP contribution in [0.4, 0.5) is 0 Å². The highest BCUT2D eigenvalue weighted by Gasteiger charge is 2.11. The van der Waals surface area contributed by atoms with Crippen molar-refractivity contribution in [2.24, 2.45) is 10.7 Å². The van der Waals surface area contributed by atoms with Crippen LogP contribution in [0.1, 0.15) is 11.3 Å². The van der Waals surface area contributed by atoms with Crippen molar-refractivity contribution < 1.29 is 4.18 Å². The van der Waals surface area contributed by atoms with Gasteiger partial charge in [-0.3, -0.25) is 10.4 Å². The summed E-state index contributed by atoms with van der Waals surface area (Å²) in [6.07, 6.45) is 3.25. The Bertz CT molecular complexity index is 1420. The van der Waals surface area contributed by atoms with Gasteiger partial charge in [0.25, 0.3) is 0 Å². The van der Waals surface area contributed by atoms with Crippen LogP contribution < -0.4 is 15.3 Å². The third-order valence-electron chi connectivity index (χ3n) is 5.02. The van der Waals surface area contributed by atoms with Gasteiger partial charge in [-0.25, -0.2) is 9.98 Å². The van der Waals surface area contributed by atoms with Gasteiger partial charge < -0.3 is 9.92 Å². The molecule has 4 aromatic rings. The molecule has 186 valence electrons. The number of nitrogens with one attached hydrogen (secondary N) is 1. The average Bonchev–Trinajstić information content (AvgIpc) is 2.92. The number of nitrogens with zero attached hydrogens (tertiary/aromatic N) is 5. The predicted molar refractivity (Wildman–Crippen MR) is 149 cm³/mol. The predicted octanol–water partition coefficient (Wildman–Crippen LogP) is 5.88. The molecule has 0 unspecified atom stereocenters. The number of hydrogen-bond acceptors (Lipinski definition) is 7. The maximum atomic E-state index is 8.82. The van der Waals surface area contributed by atoms with Crippen molar-refractivity contribution in [3.05, 3.63) is 100 Å². The summed E-state index contributed by atoms with van der Waals surface area (Å²) >= 11 is 13.2. The average molecular weight is 550 g/mol. The first-order chi connectivity index (χ1) is 17.9. The standard InChI is InChI=1S/C26H21Cl2N7OS/c1-35(37-36-23-11-10-22(13-29)31-16-23)34-26(30)33-15-17-12-24(18-2-6-20(27)7-3-18)25(32-14-17)19-4-8-21(28)9-5-19/h2-12,14,16H,15H2,1H3,(H3,30,33,34). The zero-order valence-corrected chi connectivity index (χ0v) is 21.9. The number of rotatable bonds is 8. The molecule has 0 bridgehead atoms. The van der Waals surface area contributed by atoms with E-state index in [1.165, 1.54) is 6.20 Å². The van der Waals surface area contributed by atoms with Crippen molar-refractivity contribution in [1.82, 2.24) is 19.8 Å². The van der Waals surface area contributed by atoms with Gasteiger partial charge in [-0.1, -0.05) is 47.5 Å². The fourth-order valence-corrected chi connectivity index (χ4v) is 3.95. The van der Waals surface area contributed by atoms with E-state index in [-0.39, 0.29) is 5.96 Å². The number of benzene rings is 2. The molecule has 2 heterocycles. The van der Waals surface area contributed by atoms with Gasteiger partial charge in [-0.2, -0.15) is 5.26 Å². The molecule has 0 atom stereocenters. The number of hydrogen-bond donors (Lipinski definition) is 2. The van der Waals surface area contributed by atoms with Crippen LogP contribution in [0.15, 0.2) is 84.1 Å². The fourth-order valence-electron chi connectivity index (χ4n) is 3.27. The Kier molecular flexibility index (Phi) is 8.82. The van der Waals surface area contributed by atoms with Crippen LogP contribution in [0, 0.1) is 11.3 Å². The van der Waals surface area contributed by atoms with E-state index in [0.29, 0.717) is 28.0 Å². The number of hydrazine groups is 1. The van der Waals surface area contributed by atoms with Gasteiger partial charge in [0.05, 0.1) is 18.4 Å². The highest BCUT2D eigenvalue weighted by molar-refractivity contribution is 7.92. The van der Waals surface area contributed by atoms with Crippen molar-refractivity contribution in [2.45, 2.75) is 6.54 Å². The lowest BCUT2D eigenvalue weighted by molar-refractivity contribution is 0.470. The Morgan fingerprint density at radius 1 is 1.03 bits per heavy atom. The summed E-state index contributed by atoms with van der Waals surface area (Å²) in [4.78, 5) is 13.1. The molecule has 0 aliphatic carbocycles. The molecule has 2 aromatic carbocycles. The van der Waals surface area contributed by atoms with E-state index in [0.717, 1.165) is 40.2 Å². The van der Waals surface area contributed by atoms with E-state index < -0.39 is 0 Å². The molecular formula is C26H21Cl2N7OS. The number of guanidine groups is 1. The first-order valence-electron chi connectivity index (χ1n) is 10.9. The highest BCUT2D eigenvalue weighted by Crippen LogP contribution is 2.32. The van der Waals surface area contributed by atoms with E-state index in [9.17, 15) is 0 Å². The van der Waals surface area contributed by atoms with Gasteiger partial charge in [0, 0.05) is 34.4 Å². The number of halogens is 2. The van der Waals surface area contributed by atoms with Gasteiger partial charge in [-0.15, -0.1) is 4.41 Å². The molecule has 3 N–H and O–H groups in total. The molecule has 0 spiro atoms. The quantitative estimate of drug-likeness (QED) is 0.0920. The van der Waals surface area contributed by atoms with E-state index in [4.69, 9.17) is 43.4 Å². The molecule has 0 aliphatic rings. The Labute approximate surface area is 229 Å². The Balaban J connectivity index is 1.45. The summed E-state index contributed by atoms with van der Waals surface area (Å²) in [6.45, 7) is 0.312. The van der Waals surface area contributed by atoms with Crippen LogP contribution >= 0.6 is 35.4 Å². The lowest BCUT2D eigenvalue weighted by Gasteiger charge is -2.16. The van der Waals surface area contributed by atoms with Crippen molar-refractivity contribution in [3.8, 4) is 34.2 Å². The van der Waals surface area contributed by atoms with Crippen molar-refractivity contribution in [1.29, 1.82) is 5.26 Å². The summed E-state index contributed by atoms with van der Waals surface area (Å²) in [7, 11) is 1.73. The molecule has 0 amide bonds. The number of aromatic nitrogens is 2. The number of nitrogens with two attached hydrogens (primary N) is 1. The minimum Gasteiger partial charge on any atom is -0.407 e. The first kappa shape index (κ1) is 26.3. The van der Waals surface area contributed by atoms with Crippen LogP contribution in [0.3, 0.4) is 0 Å². The molecule has 37 heavy (non-hydrogen) atoms. The smallest absolute Gasteiger partial charge is 0.204 e. The topological polar surface area (TPSA) is 112 Å².